The van der Waals surface area contributed by atoms with Crippen LogP contribution in [0.2, 0.25) is 0 Å². The number of hydrogen-bond acceptors (Lipinski definition) is 5. The second kappa shape index (κ2) is 13.2. The first-order chi connectivity index (χ1) is 18.0. The number of carbonyl (C=O) groups is 2. The smallest absolute Gasteiger partial charge is 0.475 e. The van der Waals surface area contributed by atoms with Crippen molar-refractivity contribution in [2.45, 2.75) is 50.7 Å². The number of rotatable bonds is 6. The van der Waals surface area contributed by atoms with E-state index in [1.54, 1.807) is 13.2 Å². The third-order valence-electron chi connectivity index (χ3n) is 5.59. The van der Waals surface area contributed by atoms with Gasteiger partial charge in [-0.15, -0.1) is 0 Å². The number of imidazole rings is 1. The van der Waals surface area contributed by atoms with E-state index in [-0.39, 0.29) is 5.92 Å². The zero-order valence-corrected chi connectivity index (χ0v) is 20.4. The molecule has 0 saturated heterocycles. The van der Waals surface area contributed by atoms with Gasteiger partial charge in [0.1, 0.15) is 0 Å². The summed E-state index contributed by atoms with van der Waals surface area (Å²) < 4.78 is 97.8. The number of ether oxygens (including phenoxy) is 1. The van der Waals surface area contributed by atoms with Crippen molar-refractivity contribution in [3.8, 4) is 0 Å². The fourth-order valence-electron chi connectivity index (χ4n) is 3.77. The summed E-state index contributed by atoms with van der Waals surface area (Å²) in [5.41, 5.74) is 3.14. The third kappa shape index (κ3) is 10.1. The standard InChI is InChI=1S/C19H23F2N3O.2C2HF3O2/c1-25-11-15-9-23(7-14-4-5-16(20)17(21)6-14)10-18-19(15)24(12-22-18)8-13-2-3-13;2*3-2(4,5)1(6)7/h4-6,12-13,15H,2-3,7-11H2,1H3;2*(H,6,7). The Kier molecular flexibility index (Phi) is 10.8. The number of alkyl halides is 6. The van der Waals surface area contributed by atoms with Crippen molar-refractivity contribution in [1.29, 1.82) is 0 Å². The van der Waals surface area contributed by atoms with Gasteiger partial charge < -0.3 is 19.5 Å². The van der Waals surface area contributed by atoms with E-state index in [1.807, 2.05) is 6.33 Å². The van der Waals surface area contributed by atoms with Crippen LogP contribution in [0.4, 0.5) is 35.1 Å². The van der Waals surface area contributed by atoms with Crippen molar-refractivity contribution in [2.24, 2.45) is 5.92 Å². The highest BCUT2D eigenvalue weighted by Crippen LogP contribution is 2.34. The SMILES string of the molecule is COCC1CN(Cc2ccc(F)c(F)c2)Cc2ncn(CC3CC3)c21.O=C(O)C(F)(F)F.O=C(O)C(F)(F)F. The number of fused-ring (bicyclic) bond motifs is 1. The van der Waals surface area contributed by atoms with Crippen LogP contribution in [-0.2, 0) is 34.0 Å². The van der Waals surface area contributed by atoms with Gasteiger partial charge in [-0.1, -0.05) is 6.07 Å². The van der Waals surface area contributed by atoms with Crippen LogP contribution in [0, 0.1) is 17.6 Å². The molecular formula is C23H25F8N3O5. The molecule has 1 aliphatic carbocycles. The molecule has 1 saturated carbocycles. The Morgan fingerprint density at radius 1 is 1.03 bits per heavy atom. The maximum atomic E-state index is 13.5. The number of nitrogens with zero attached hydrogens (tertiary/aromatic N) is 3. The van der Waals surface area contributed by atoms with E-state index in [9.17, 15) is 35.1 Å². The summed E-state index contributed by atoms with van der Waals surface area (Å²) >= 11 is 0. The minimum absolute atomic E-state index is 0.250. The third-order valence-corrected chi connectivity index (χ3v) is 5.59. The molecule has 1 aliphatic heterocycles. The normalized spacial score (nSPS) is 17.3. The van der Waals surface area contributed by atoms with Gasteiger partial charge in [0.2, 0.25) is 0 Å². The summed E-state index contributed by atoms with van der Waals surface area (Å²) in [6.07, 6.45) is -5.60. The molecule has 1 atom stereocenters. The number of methoxy groups -OCH3 is 1. The van der Waals surface area contributed by atoms with Gasteiger partial charge in [-0.3, -0.25) is 4.90 Å². The van der Waals surface area contributed by atoms with Crippen molar-refractivity contribution >= 4 is 11.9 Å². The molecule has 1 aromatic heterocycles. The minimum atomic E-state index is -5.08. The lowest BCUT2D eigenvalue weighted by atomic mass is 9.98. The summed E-state index contributed by atoms with van der Waals surface area (Å²) in [6, 6.07) is 4.11. The van der Waals surface area contributed by atoms with E-state index in [0.29, 0.717) is 13.2 Å². The van der Waals surface area contributed by atoms with Gasteiger partial charge in [0.25, 0.3) is 0 Å². The molecule has 2 N–H and O–H groups in total. The maximum Gasteiger partial charge on any atom is 0.490 e. The Morgan fingerprint density at radius 3 is 2.05 bits per heavy atom. The van der Waals surface area contributed by atoms with Crippen LogP contribution in [0.25, 0.3) is 0 Å². The molecule has 1 aromatic carbocycles. The summed E-state index contributed by atoms with van der Waals surface area (Å²) in [5.74, 6) is -6.07. The Morgan fingerprint density at radius 2 is 1.59 bits per heavy atom. The number of aliphatic carboxylic acids is 2. The van der Waals surface area contributed by atoms with Gasteiger partial charge in [-0.2, -0.15) is 26.3 Å². The molecule has 0 radical (unpaired) electrons. The van der Waals surface area contributed by atoms with Crippen molar-refractivity contribution in [1.82, 2.24) is 14.5 Å². The second-order valence-corrected chi connectivity index (χ2v) is 8.85. The van der Waals surface area contributed by atoms with Gasteiger partial charge >= 0.3 is 24.3 Å². The fourth-order valence-corrected chi connectivity index (χ4v) is 3.77. The zero-order valence-electron chi connectivity index (χ0n) is 20.4. The van der Waals surface area contributed by atoms with Gasteiger partial charge in [0, 0.05) is 44.9 Å². The summed E-state index contributed by atoms with van der Waals surface area (Å²) in [5, 5.41) is 14.2. The van der Waals surface area contributed by atoms with Crippen molar-refractivity contribution in [2.75, 3.05) is 20.3 Å². The van der Waals surface area contributed by atoms with E-state index in [4.69, 9.17) is 24.5 Å². The number of halogens is 8. The van der Waals surface area contributed by atoms with Gasteiger partial charge in [-0.05, 0) is 36.5 Å². The summed E-state index contributed by atoms with van der Waals surface area (Å²) in [6.45, 7) is 3.82. The van der Waals surface area contributed by atoms with Crippen LogP contribution in [0.3, 0.4) is 0 Å². The molecule has 2 aliphatic rings. The highest BCUT2D eigenvalue weighted by Gasteiger charge is 2.39. The van der Waals surface area contributed by atoms with E-state index >= 15 is 0 Å². The van der Waals surface area contributed by atoms with Crippen LogP contribution in [0.15, 0.2) is 24.5 Å². The lowest BCUT2D eigenvalue weighted by Crippen LogP contribution is -2.36. The van der Waals surface area contributed by atoms with E-state index in [2.05, 4.69) is 14.5 Å². The molecule has 1 unspecified atom stereocenters. The first-order valence-corrected chi connectivity index (χ1v) is 11.3. The van der Waals surface area contributed by atoms with Crippen LogP contribution in [-0.4, -0.2) is 69.2 Å². The average Bonchev–Trinajstić information content (AvgIpc) is 3.54. The summed E-state index contributed by atoms with van der Waals surface area (Å²) in [7, 11) is 1.72. The number of carboxylic acid groups (broad SMARTS) is 2. The first kappa shape index (κ1) is 31.9. The maximum absolute atomic E-state index is 13.5. The molecule has 218 valence electrons. The summed E-state index contributed by atoms with van der Waals surface area (Å²) in [4.78, 5) is 24.6. The zero-order chi connectivity index (χ0) is 29.5. The molecule has 4 rings (SSSR count). The molecule has 2 aromatic rings. The molecule has 2 heterocycles. The average molecular weight is 575 g/mol. The molecule has 0 amide bonds. The minimum Gasteiger partial charge on any atom is -0.475 e. The highest BCUT2D eigenvalue weighted by molar-refractivity contribution is 5.73. The number of carboxylic acids is 2. The van der Waals surface area contributed by atoms with Gasteiger partial charge in [0.05, 0.1) is 18.6 Å². The van der Waals surface area contributed by atoms with Crippen molar-refractivity contribution in [3.63, 3.8) is 0 Å². The van der Waals surface area contributed by atoms with E-state index < -0.39 is 35.9 Å². The Hall–Kier alpha value is -3.27. The largest absolute Gasteiger partial charge is 0.490 e. The number of benzene rings is 1. The van der Waals surface area contributed by atoms with E-state index in [0.717, 1.165) is 36.8 Å². The molecular weight excluding hydrogens is 550 g/mol. The Labute approximate surface area is 216 Å². The monoisotopic (exact) mass is 575 g/mol. The molecule has 8 nitrogen and oxygen atoms in total. The van der Waals surface area contributed by atoms with Gasteiger partial charge in [-0.25, -0.2) is 23.4 Å². The molecule has 39 heavy (non-hydrogen) atoms. The quantitative estimate of drug-likeness (QED) is 0.486. The van der Waals surface area contributed by atoms with Crippen LogP contribution >= 0.6 is 0 Å². The molecule has 1 fully saturated rings. The predicted molar refractivity (Wildman–Crippen MR) is 117 cm³/mol. The first-order valence-electron chi connectivity index (χ1n) is 11.3. The Bertz CT molecular complexity index is 1110. The predicted octanol–water partition coefficient (Wildman–Crippen LogP) is 4.58. The van der Waals surface area contributed by atoms with Gasteiger partial charge in [0.15, 0.2) is 11.6 Å². The lowest BCUT2D eigenvalue weighted by Gasteiger charge is -2.33. The molecule has 16 heteroatoms. The Balaban J connectivity index is 0.000000317. The van der Waals surface area contributed by atoms with Crippen molar-refractivity contribution < 1.29 is 59.7 Å². The second-order valence-electron chi connectivity index (χ2n) is 8.85. The number of hydrogen-bond donors (Lipinski definition) is 2. The fraction of sp³-hybridized carbons (Fsp3) is 0.522. The molecule has 0 bridgehead atoms. The van der Waals surface area contributed by atoms with Crippen LogP contribution < -0.4 is 0 Å². The topological polar surface area (TPSA) is 105 Å². The highest BCUT2D eigenvalue weighted by atomic mass is 19.4. The lowest BCUT2D eigenvalue weighted by molar-refractivity contribution is -0.193. The number of aromatic nitrogens is 2. The van der Waals surface area contributed by atoms with E-state index in [1.165, 1.54) is 30.7 Å². The molecule has 0 spiro atoms. The van der Waals surface area contributed by atoms with Crippen LogP contribution in [0.1, 0.15) is 35.7 Å². The van der Waals surface area contributed by atoms with Crippen molar-refractivity contribution in [3.05, 3.63) is 53.1 Å². The van der Waals surface area contributed by atoms with Crippen LogP contribution in [0.5, 0.6) is 0 Å².